The molecular weight excluding hydrogens is 174 g/mol. The van der Waals surface area contributed by atoms with Gasteiger partial charge in [-0.2, -0.15) is 0 Å². The summed E-state index contributed by atoms with van der Waals surface area (Å²) >= 11 is 4.94. The van der Waals surface area contributed by atoms with Gasteiger partial charge in [0.15, 0.2) is 0 Å². The first-order chi connectivity index (χ1) is 3.29. The zero-order valence-electron chi connectivity index (χ0n) is 3.81. The minimum Gasteiger partial charge on any atom is -0.249 e. The third-order valence-electron chi connectivity index (χ3n) is 0.593. The second kappa shape index (κ2) is 1.92. The van der Waals surface area contributed by atoms with E-state index in [-0.39, 0.29) is 0 Å². The maximum Gasteiger partial charge on any atom is 0.0905 e. The van der Waals surface area contributed by atoms with Gasteiger partial charge in [-0.3, -0.25) is 0 Å². The quantitative estimate of drug-likeness (QED) is 0.593. The van der Waals surface area contributed by atoms with E-state index in [4.69, 9.17) is 0 Å². The molecule has 0 bridgehead atoms. The first-order valence-electron chi connectivity index (χ1n) is 1.87. The molecule has 0 N–H and O–H groups in total. The molecule has 0 radical (unpaired) electrons. The highest BCUT2D eigenvalue weighted by atomic mass is 79.9. The van der Waals surface area contributed by atoms with Gasteiger partial charge in [0.25, 0.3) is 0 Å². The summed E-state index contributed by atoms with van der Waals surface area (Å²) in [5.74, 6) is 0. The molecule has 0 spiro atoms. The Bertz CT molecular complexity index is 144. The summed E-state index contributed by atoms with van der Waals surface area (Å²) in [6, 6.07) is 0. The van der Waals surface area contributed by atoms with Gasteiger partial charge in [-0.1, -0.05) is 0 Å². The van der Waals surface area contributed by atoms with E-state index in [9.17, 15) is 0 Å². The van der Waals surface area contributed by atoms with Gasteiger partial charge in [0.1, 0.15) is 0 Å². The number of halogens is 1. The van der Waals surface area contributed by atoms with Gasteiger partial charge >= 0.3 is 0 Å². The molecule has 1 aromatic rings. The van der Waals surface area contributed by atoms with Crippen LogP contribution in [-0.4, -0.2) is 4.98 Å². The summed E-state index contributed by atoms with van der Waals surface area (Å²) in [4.78, 5) is 3.99. The lowest BCUT2D eigenvalue weighted by Crippen LogP contribution is -1.56. The second-order valence-corrected chi connectivity index (χ2v) is 3.80. The predicted octanol–water partition coefficient (Wildman–Crippen LogP) is 2.21. The second-order valence-electron chi connectivity index (χ2n) is 1.18. The Balaban J connectivity index is 3.04. The largest absolute Gasteiger partial charge is 0.249 e. The van der Waals surface area contributed by atoms with Crippen molar-refractivity contribution in [2.45, 2.75) is 6.92 Å². The Morgan fingerprint density at radius 3 is 2.71 bits per heavy atom. The third-order valence-corrected chi connectivity index (χ3v) is 1.98. The number of aryl methyl sites for hydroxylation is 1. The van der Waals surface area contributed by atoms with Crippen LogP contribution in [0.4, 0.5) is 0 Å². The molecule has 0 aliphatic carbocycles. The molecule has 0 fully saturated rings. The Hall–Kier alpha value is 0.110. The van der Waals surface area contributed by atoms with Gasteiger partial charge in [-0.25, -0.2) is 4.98 Å². The molecule has 0 unspecified atom stereocenters. The molecule has 0 saturated carbocycles. The fraction of sp³-hybridized carbons (Fsp3) is 0.250. The monoisotopic (exact) mass is 177 g/mol. The van der Waals surface area contributed by atoms with Crippen molar-refractivity contribution < 1.29 is 0 Å². The number of nitrogens with zero attached hydrogens (tertiary/aromatic N) is 1. The topological polar surface area (TPSA) is 12.9 Å². The summed E-state index contributed by atoms with van der Waals surface area (Å²) in [7, 11) is 0. The first kappa shape index (κ1) is 5.25. The van der Waals surface area contributed by atoms with Crippen LogP contribution in [0.3, 0.4) is 0 Å². The van der Waals surface area contributed by atoms with Crippen LogP contribution in [0.2, 0.25) is 0 Å². The van der Waals surface area contributed by atoms with Gasteiger partial charge in [-0.15, -0.1) is 11.3 Å². The molecule has 1 nitrogen and oxygen atoms in total. The molecule has 0 aliphatic rings. The number of rotatable bonds is 0. The van der Waals surface area contributed by atoms with E-state index in [1.54, 1.807) is 17.5 Å². The smallest absolute Gasteiger partial charge is 0.0905 e. The summed E-state index contributed by atoms with van der Waals surface area (Å²) in [6.07, 6.45) is 1.81. The van der Waals surface area contributed by atoms with Crippen molar-refractivity contribution in [3.8, 4) is 0 Å². The third kappa shape index (κ3) is 1.24. The van der Waals surface area contributed by atoms with Gasteiger partial charge in [0.05, 0.1) is 15.0 Å². The minimum absolute atomic E-state index is 1.10. The van der Waals surface area contributed by atoms with E-state index in [0.717, 1.165) is 8.79 Å². The van der Waals surface area contributed by atoms with Crippen LogP contribution in [0.5, 0.6) is 0 Å². The van der Waals surface area contributed by atoms with Crippen molar-refractivity contribution in [3.63, 3.8) is 0 Å². The zero-order chi connectivity index (χ0) is 5.28. The average Bonchev–Trinajstić information content (AvgIpc) is 1.87. The van der Waals surface area contributed by atoms with Crippen LogP contribution in [0.1, 0.15) is 5.01 Å². The van der Waals surface area contributed by atoms with Crippen LogP contribution in [0.15, 0.2) is 9.98 Å². The summed E-state index contributed by atoms with van der Waals surface area (Å²) in [5, 5.41) is 1.10. The van der Waals surface area contributed by atoms with Crippen molar-refractivity contribution >= 4 is 27.3 Å². The zero-order valence-corrected chi connectivity index (χ0v) is 6.21. The maximum atomic E-state index is 3.99. The van der Waals surface area contributed by atoms with Crippen LogP contribution in [0.25, 0.3) is 0 Å². The Labute approximate surface area is 54.5 Å². The van der Waals surface area contributed by atoms with Gasteiger partial charge in [0, 0.05) is 0 Å². The van der Waals surface area contributed by atoms with Gasteiger partial charge in [0.2, 0.25) is 0 Å². The van der Waals surface area contributed by atoms with Crippen molar-refractivity contribution in [2.75, 3.05) is 0 Å². The average molecular weight is 178 g/mol. The molecule has 38 valence electrons. The highest BCUT2D eigenvalue weighted by Crippen LogP contribution is 2.17. The maximum absolute atomic E-state index is 3.99. The number of hydrogen-bond donors (Lipinski definition) is 0. The van der Waals surface area contributed by atoms with E-state index in [0.29, 0.717) is 0 Å². The fourth-order valence-corrected chi connectivity index (χ4v) is 1.63. The lowest BCUT2D eigenvalue weighted by atomic mass is 10.8. The van der Waals surface area contributed by atoms with Crippen molar-refractivity contribution in [1.29, 1.82) is 0 Å². The Morgan fingerprint density at radius 2 is 2.57 bits per heavy atom. The van der Waals surface area contributed by atoms with E-state index in [1.165, 1.54) is 0 Å². The Morgan fingerprint density at radius 1 is 1.86 bits per heavy atom. The van der Waals surface area contributed by atoms with Gasteiger partial charge in [-0.05, 0) is 22.9 Å². The van der Waals surface area contributed by atoms with Gasteiger partial charge < -0.3 is 0 Å². The molecule has 1 rings (SSSR count). The lowest BCUT2D eigenvalue weighted by molar-refractivity contribution is 1.29. The van der Waals surface area contributed by atoms with E-state index in [2.05, 4.69) is 20.9 Å². The molecular formula is C4H4BrNS. The van der Waals surface area contributed by atoms with E-state index in [1.807, 2.05) is 6.92 Å². The number of hydrogen-bond acceptors (Lipinski definition) is 2. The van der Waals surface area contributed by atoms with Crippen molar-refractivity contribution in [3.05, 3.63) is 15.0 Å². The SMILES string of the molecule is Cc1ncc(Br)s1. The highest BCUT2D eigenvalue weighted by molar-refractivity contribution is 9.11. The molecule has 3 heteroatoms. The number of aromatic nitrogens is 1. The van der Waals surface area contributed by atoms with Crippen LogP contribution < -0.4 is 0 Å². The fourth-order valence-electron chi connectivity index (χ4n) is 0.335. The summed E-state index contributed by atoms with van der Waals surface area (Å²) in [6.45, 7) is 1.98. The standard InChI is InChI=1S/C4H4BrNS/c1-3-6-2-4(5)7-3/h2H,1H3. The van der Waals surface area contributed by atoms with Crippen LogP contribution in [0, 0.1) is 6.92 Å². The predicted molar refractivity (Wildman–Crippen MR) is 34.6 cm³/mol. The molecule has 0 saturated heterocycles. The first-order valence-corrected chi connectivity index (χ1v) is 3.48. The van der Waals surface area contributed by atoms with E-state index >= 15 is 0 Å². The normalized spacial score (nSPS) is 9.43. The molecule has 0 aliphatic heterocycles. The number of thiazole rings is 1. The minimum atomic E-state index is 1.10. The summed E-state index contributed by atoms with van der Waals surface area (Å²) < 4.78 is 1.10. The Kier molecular flexibility index (Phi) is 1.44. The molecule has 1 aromatic heterocycles. The molecule has 1 heterocycles. The highest BCUT2D eigenvalue weighted by Gasteiger charge is 1.88. The van der Waals surface area contributed by atoms with E-state index < -0.39 is 0 Å². The van der Waals surface area contributed by atoms with Crippen LogP contribution >= 0.6 is 27.3 Å². The molecule has 7 heavy (non-hydrogen) atoms. The lowest BCUT2D eigenvalue weighted by Gasteiger charge is -1.67. The van der Waals surface area contributed by atoms with Crippen LogP contribution in [-0.2, 0) is 0 Å². The molecule has 0 atom stereocenters. The summed E-state index contributed by atoms with van der Waals surface area (Å²) in [5.41, 5.74) is 0. The molecule has 0 amide bonds. The van der Waals surface area contributed by atoms with Crippen molar-refractivity contribution in [2.24, 2.45) is 0 Å². The van der Waals surface area contributed by atoms with Crippen molar-refractivity contribution in [1.82, 2.24) is 4.98 Å². The molecule has 0 aromatic carbocycles.